The molecule has 0 heterocycles. The maximum absolute atomic E-state index is 2.23. The van der Waals surface area contributed by atoms with Gasteiger partial charge in [0, 0.05) is 0 Å². The van der Waals surface area contributed by atoms with Gasteiger partial charge in [-0.3, -0.25) is 0 Å². The van der Waals surface area contributed by atoms with Crippen molar-refractivity contribution in [3.05, 3.63) is 35.4 Å². The largest absolute Gasteiger partial charge is 0.344 e. The first-order valence-corrected chi connectivity index (χ1v) is 4.39. The lowest BCUT2D eigenvalue weighted by molar-refractivity contribution is 0.791. The van der Waals surface area contributed by atoms with Crippen molar-refractivity contribution in [2.45, 2.75) is 33.1 Å². The van der Waals surface area contributed by atoms with Crippen LogP contribution in [0, 0.1) is 6.92 Å². The molecule has 0 fully saturated rings. The molecule has 0 aliphatic carbocycles. The van der Waals surface area contributed by atoms with E-state index in [1.54, 1.807) is 0 Å². The fourth-order valence-corrected chi connectivity index (χ4v) is 1.26. The van der Waals surface area contributed by atoms with Crippen LogP contribution in [0.2, 0.25) is 0 Å². The number of hydrogen-bond donors (Lipinski definition) is 2. The van der Waals surface area contributed by atoms with E-state index in [1.165, 1.54) is 30.4 Å². The third-order valence-electron chi connectivity index (χ3n) is 2.06. The van der Waals surface area contributed by atoms with Crippen molar-refractivity contribution in [3.8, 4) is 0 Å². The van der Waals surface area contributed by atoms with Gasteiger partial charge in [0.05, 0.1) is 0 Å². The van der Waals surface area contributed by atoms with E-state index in [0.29, 0.717) is 0 Å². The van der Waals surface area contributed by atoms with E-state index in [4.69, 9.17) is 0 Å². The van der Waals surface area contributed by atoms with Crippen molar-refractivity contribution in [3.63, 3.8) is 0 Å². The van der Waals surface area contributed by atoms with Crippen LogP contribution in [0.25, 0.3) is 0 Å². The summed E-state index contributed by atoms with van der Waals surface area (Å²) in [4.78, 5) is 0. The maximum atomic E-state index is 2.23. The quantitative estimate of drug-likeness (QED) is 0.748. The number of benzene rings is 1. The zero-order valence-electron chi connectivity index (χ0n) is 8.84. The molecule has 0 aromatic heterocycles. The SMILES string of the molecule is CCCCc1ccccc1C.N.N. The van der Waals surface area contributed by atoms with Gasteiger partial charge in [-0.05, 0) is 30.9 Å². The molecule has 0 aliphatic heterocycles. The molecular weight excluding hydrogens is 160 g/mol. The van der Waals surface area contributed by atoms with E-state index in [2.05, 4.69) is 38.1 Å². The molecule has 0 saturated heterocycles. The molecule has 2 nitrogen and oxygen atoms in total. The summed E-state index contributed by atoms with van der Waals surface area (Å²) in [6.07, 6.45) is 3.84. The predicted molar refractivity (Wildman–Crippen MR) is 59.8 cm³/mol. The first-order valence-electron chi connectivity index (χ1n) is 4.39. The van der Waals surface area contributed by atoms with Crippen LogP contribution in [-0.2, 0) is 6.42 Å². The summed E-state index contributed by atoms with van der Waals surface area (Å²) in [5.74, 6) is 0. The van der Waals surface area contributed by atoms with Crippen LogP contribution in [0.4, 0.5) is 0 Å². The summed E-state index contributed by atoms with van der Waals surface area (Å²) in [6, 6.07) is 8.64. The van der Waals surface area contributed by atoms with Crippen molar-refractivity contribution < 1.29 is 0 Å². The Bertz CT molecular complexity index is 221. The summed E-state index contributed by atoms with van der Waals surface area (Å²) in [6.45, 7) is 4.42. The van der Waals surface area contributed by atoms with E-state index in [-0.39, 0.29) is 12.3 Å². The molecular formula is C11H22N2. The van der Waals surface area contributed by atoms with Gasteiger partial charge in [-0.15, -0.1) is 0 Å². The molecule has 6 N–H and O–H groups in total. The van der Waals surface area contributed by atoms with Gasteiger partial charge in [-0.25, -0.2) is 0 Å². The molecule has 0 radical (unpaired) electrons. The molecule has 2 heteroatoms. The molecule has 1 rings (SSSR count). The van der Waals surface area contributed by atoms with E-state index in [0.717, 1.165) is 0 Å². The first kappa shape index (κ1) is 14.7. The minimum absolute atomic E-state index is 0. The topological polar surface area (TPSA) is 70.0 Å². The van der Waals surface area contributed by atoms with Gasteiger partial charge in [-0.1, -0.05) is 37.6 Å². The zero-order valence-corrected chi connectivity index (χ0v) is 8.84. The average Bonchev–Trinajstić information content (AvgIpc) is 2.03. The van der Waals surface area contributed by atoms with Crippen molar-refractivity contribution >= 4 is 0 Å². The van der Waals surface area contributed by atoms with E-state index in [1.807, 2.05) is 0 Å². The molecule has 1 aromatic carbocycles. The lowest BCUT2D eigenvalue weighted by Crippen LogP contribution is -1.87. The summed E-state index contributed by atoms with van der Waals surface area (Å²) in [5, 5.41) is 0. The van der Waals surface area contributed by atoms with Gasteiger partial charge >= 0.3 is 0 Å². The molecule has 1 aromatic rings. The zero-order chi connectivity index (χ0) is 8.10. The highest BCUT2D eigenvalue weighted by molar-refractivity contribution is 5.25. The fourth-order valence-electron chi connectivity index (χ4n) is 1.26. The Morgan fingerprint density at radius 2 is 1.69 bits per heavy atom. The van der Waals surface area contributed by atoms with Gasteiger partial charge in [0.15, 0.2) is 0 Å². The third-order valence-corrected chi connectivity index (χ3v) is 2.06. The molecule has 0 aliphatic rings. The summed E-state index contributed by atoms with van der Waals surface area (Å²) >= 11 is 0. The normalized spacial score (nSPS) is 8.46. The highest BCUT2D eigenvalue weighted by atomic mass is 14.0. The lowest BCUT2D eigenvalue weighted by atomic mass is 10.0. The second kappa shape index (κ2) is 7.77. The number of unbranched alkanes of at least 4 members (excludes halogenated alkanes) is 1. The third kappa shape index (κ3) is 4.65. The predicted octanol–water partition coefficient (Wildman–Crippen LogP) is 3.66. The van der Waals surface area contributed by atoms with Crippen LogP contribution >= 0.6 is 0 Å². The monoisotopic (exact) mass is 182 g/mol. The van der Waals surface area contributed by atoms with Gasteiger partial charge in [0.1, 0.15) is 0 Å². The van der Waals surface area contributed by atoms with Crippen molar-refractivity contribution in [1.82, 2.24) is 12.3 Å². The Balaban J connectivity index is 0. The Morgan fingerprint density at radius 3 is 2.23 bits per heavy atom. The van der Waals surface area contributed by atoms with Crippen LogP contribution in [0.3, 0.4) is 0 Å². The molecule has 0 spiro atoms. The highest BCUT2D eigenvalue weighted by Crippen LogP contribution is 2.09. The number of aryl methyl sites for hydroxylation is 2. The highest BCUT2D eigenvalue weighted by Gasteiger charge is 1.94. The second-order valence-corrected chi connectivity index (χ2v) is 3.03. The second-order valence-electron chi connectivity index (χ2n) is 3.03. The molecule has 0 amide bonds. The van der Waals surface area contributed by atoms with E-state index < -0.39 is 0 Å². The Labute approximate surface area is 81.5 Å². The van der Waals surface area contributed by atoms with E-state index in [9.17, 15) is 0 Å². The van der Waals surface area contributed by atoms with E-state index >= 15 is 0 Å². The van der Waals surface area contributed by atoms with Crippen LogP contribution in [-0.4, -0.2) is 0 Å². The Kier molecular flexibility index (Phi) is 8.76. The standard InChI is InChI=1S/C11H16.2H3N/c1-3-4-8-11-9-6-5-7-10(11)2;;/h5-7,9H,3-4,8H2,1-2H3;2*1H3. The smallest absolute Gasteiger partial charge is 0.0276 e. The summed E-state index contributed by atoms with van der Waals surface area (Å²) < 4.78 is 0. The van der Waals surface area contributed by atoms with Gasteiger partial charge in [0.25, 0.3) is 0 Å². The Morgan fingerprint density at radius 1 is 1.08 bits per heavy atom. The fraction of sp³-hybridized carbons (Fsp3) is 0.455. The minimum Gasteiger partial charge on any atom is -0.344 e. The van der Waals surface area contributed by atoms with Crippen LogP contribution in [0.15, 0.2) is 24.3 Å². The lowest BCUT2D eigenvalue weighted by Gasteiger charge is -2.02. The van der Waals surface area contributed by atoms with Crippen molar-refractivity contribution in [1.29, 1.82) is 0 Å². The van der Waals surface area contributed by atoms with Crippen LogP contribution in [0.5, 0.6) is 0 Å². The van der Waals surface area contributed by atoms with Crippen molar-refractivity contribution in [2.24, 2.45) is 0 Å². The van der Waals surface area contributed by atoms with Gasteiger partial charge < -0.3 is 12.3 Å². The van der Waals surface area contributed by atoms with Gasteiger partial charge in [-0.2, -0.15) is 0 Å². The molecule has 0 bridgehead atoms. The minimum atomic E-state index is 0. The van der Waals surface area contributed by atoms with Gasteiger partial charge in [0.2, 0.25) is 0 Å². The molecule has 0 saturated carbocycles. The van der Waals surface area contributed by atoms with Crippen LogP contribution < -0.4 is 12.3 Å². The molecule has 0 atom stereocenters. The Hall–Kier alpha value is -0.860. The number of hydrogen-bond acceptors (Lipinski definition) is 2. The molecule has 0 unspecified atom stereocenters. The maximum Gasteiger partial charge on any atom is -0.0276 e. The molecule has 13 heavy (non-hydrogen) atoms. The average molecular weight is 182 g/mol. The van der Waals surface area contributed by atoms with Crippen LogP contribution in [0.1, 0.15) is 30.9 Å². The summed E-state index contributed by atoms with van der Waals surface area (Å²) in [7, 11) is 0. The van der Waals surface area contributed by atoms with Crippen molar-refractivity contribution in [2.75, 3.05) is 0 Å². The first-order chi connectivity index (χ1) is 5.34. The summed E-state index contributed by atoms with van der Waals surface area (Å²) in [5.41, 5.74) is 2.94. The molecule has 76 valence electrons. The number of rotatable bonds is 3.